The van der Waals surface area contributed by atoms with E-state index in [1.54, 1.807) is 36.8 Å². The summed E-state index contributed by atoms with van der Waals surface area (Å²) in [5, 5.41) is 0. The van der Waals surface area contributed by atoms with Gasteiger partial charge in [0.05, 0.1) is 4.90 Å². The van der Waals surface area contributed by atoms with E-state index in [9.17, 15) is 13.2 Å². The lowest BCUT2D eigenvalue weighted by Crippen LogP contribution is -2.50. The number of benzene rings is 1. The first kappa shape index (κ1) is 19.5. The fourth-order valence-corrected chi connectivity index (χ4v) is 4.67. The molecule has 1 amide bonds. The second-order valence-corrected chi connectivity index (χ2v) is 8.25. The summed E-state index contributed by atoms with van der Waals surface area (Å²) >= 11 is 1.30. The van der Waals surface area contributed by atoms with E-state index in [0.29, 0.717) is 31.1 Å². The molecule has 0 unspecified atom stereocenters. The van der Waals surface area contributed by atoms with Crippen LogP contribution in [0.4, 0.5) is 10.5 Å². The molecule has 1 aliphatic heterocycles. The molecule has 8 nitrogen and oxygen atoms in total. The predicted molar refractivity (Wildman–Crippen MR) is 103 cm³/mol. The normalized spacial score (nSPS) is 14.9. The van der Waals surface area contributed by atoms with Crippen LogP contribution in [-0.2, 0) is 14.9 Å². The number of aromatic nitrogens is 1. The van der Waals surface area contributed by atoms with E-state index in [4.69, 9.17) is 4.84 Å². The van der Waals surface area contributed by atoms with E-state index in [2.05, 4.69) is 9.88 Å². The third-order valence-electron chi connectivity index (χ3n) is 4.16. The van der Waals surface area contributed by atoms with Crippen LogP contribution in [0.5, 0.6) is 0 Å². The number of anilines is 1. The quantitative estimate of drug-likeness (QED) is 0.597. The van der Waals surface area contributed by atoms with Gasteiger partial charge in [-0.1, -0.05) is 12.1 Å². The highest BCUT2D eigenvalue weighted by Gasteiger charge is 2.25. The molecule has 2 heterocycles. The molecular weight excluding hydrogens is 388 g/mol. The number of hydrogen-bond acceptors (Lipinski definition) is 7. The zero-order valence-electron chi connectivity index (χ0n) is 14.7. The number of amides is 1. The van der Waals surface area contributed by atoms with Gasteiger partial charge in [-0.05, 0) is 35.4 Å². The van der Waals surface area contributed by atoms with Crippen molar-refractivity contribution in [2.45, 2.75) is 9.79 Å². The van der Waals surface area contributed by atoms with Gasteiger partial charge in [-0.2, -0.15) is 0 Å². The van der Waals surface area contributed by atoms with Crippen molar-refractivity contribution in [3.05, 3.63) is 48.8 Å². The molecule has 1 saturated heterocycles. The minimum atomic E-state index is -3.95. The van der Waals surface area contributed by atoms with Gasteiger partial charge >= 0.3 is 6.09 Å². The summed E-state index contributed by atoms with van der Waals surface area (Å²) in [7, 11) is -3.95. The zero-order valence-corrected chi connectivity index (χ0v) is 16.4. The SMILES string of the molecule is CSc1ccccc1S(=O)(=O)NOC(=O)N1CCN(c2ccncc2)CC1. The molecule has 0 atom stereocenters. The molecule has 1 aromatic carbocycles. The Balaban J connectivity index is 1.55. The summed E-state index contributed by atoms with van der Waals surface area (Å²) in [6, 6.07) is 10.3. The van der Waals surface area contributed by atoms with Gasteiger partial charge in [-0.3, -0.25) is 4.98 Å². The summed E-state index contributed by atoms with van der Waals surface area (Å²) in [4.78, 5) is 27.2. The van der Waals surface area contributed by atoms with E-state index in [1.807, 2.05) is 17.0 Å². The summed E-state index contributed by atoms with van der Waals surface area (Å²) < 4.78 is 24.8. The van der Waals surface area contributed by atoms with Gasteiger partial charge in [0, 0.05) is 49.2 Å². The highest BCUT2D eigenvalue weighted by atomic mass is 32.2. The van der Waals surface area contributed by atoms with Crippen LogP contribution in [0.25, 0.3) is 0 Å². The molecule has 0 aliphatic carbocycles. The van der Waals surface area contributed by atoms with Crippen molar-refractivity contribution in [3.63, 3.8) is 0 Å². The van der Waals surface area contributed by atoms with Crippen molar-refractivity contribution in [2.24, 2.45) is 0 Å². The molecule has 1 N–H and O–H groups in total. The molecule has 0 spiro atoms. The molecule has 10 heteroatoms. The maximum Gasteiger partial charge on any atom is 0.429 e. The minimum absolute atomic E-state index is 0.0767. The molecule has 144 valence electrons. The number of carbonyl (C=O) groups is 1. The molecule has 0 saturated carbocycles. The number of piperazine rings is 1. The number of nitrogens with one attached hydrogen (secondary N) is 1. The van der Waals surface area contributed by atoms with E-state index < -0.39 is 16.1 Å². The summed E-state index contributed by atoms with van der Waals surface area (Å²) in [5.41, 5.74) is 1.03. The minimum Gasteiger partial charge on any atom is -0.368 e. The number of pyridine rings is 1. The van der Waals surface area contributed by atoms with Crippen LogP contribution in [0, 0.1) is 0 Å². The lowest BCUT2D eigenvalue weighted by molar-refractivity contribution is 0.0817. The highest BCUT2D eigenvalue weighted by Crippen LogP contribution is 2.24. The van der Waals surface area contributed by atoms with Gasteiger partial charge in [0.15, 0.2) is 0 Å². The number of hydrogen-bond donors (Lipinski definition) is 1. The van der Waals surface area contributed by atoms with E-state index in [0.717, 1.165) is 5.69 Å². The zero-order chi connectivity index (χ0) is 19.3. The largest absolute Gasteiger partial charge is 0.429 e. The Hall–Kier alpha value is -2.30. The average molecular weight is 409 g/mol. The van der Waals surface area contributed by atoms with Crippen LogP contribution >= 0.6 is 11.8 Å². The van der Waals surface area contributed by atoms with Crippen molar-refractivity contribution in [2.75, 3.05) is 37.3 Å². The number of rotatable bonds is 5. The fraction of sp³-hybridized carbons (Fsp3) is 0.294. The van der Waals surface area contributed by atoms with Crippen molar-refractivity contribution < 1.29 is 18.0 Å². The van der Waals surface area contributed by atoms with Crippen LogP contribution in [0.3, 0.4) is 0 Å². The smallest absolute Gasteiger partial charge is 0.368 e. The maximum atomic E-state index is 12.4. The third-order valence-corrected chi connectivity index (χ3v) is 6.33. The van der Waals surface area contributed by atoms with Crippen molar-refractivity contribution in [1.82, 2.24) is 14.8 Å². The monoisotopic (exact) mass is 408 g/mol. The molecule has 1 aliphatic rings. The molecule has 27 heavy (non-hydrogen) atoms. The van der Waals surface area contributed by atoms with Gasteiger partial charge in [0.2, 0.25) is 0 Å². The number of sulfonamides is 1. The molecule has 1 fully saturated rings. The van der Waals surface area contributed by atoms with Gasteiger partial charge in [0.1, 0.15) is 0 Å². The molecule has 1 aromatic heterocycles. The van der Waals surface area contributed by atoms with Crippen LogP contribution in [0.15, 0.2) is 58.6 Å². The topological polar surface area (TPSA) is 91.8 Å². The van der Waals surface area contributed by atoms with Crippen LogP contribution in [0.2, 0.25) is 0 Å². The van der Waals surface area contributed by atoms with E-state index in [-0.39, 0.29) is 4.90 Å². The predicted octanol–water partition coefficient (Wildman–Crippen LogP) is 1.96. The summed E-state index contributed by atoms with van der Waals surface area (Å²) in [6.07, 6.45) is 4.51. The Morgan fingerprint density at radius 2 is 1.78 bits per heavy atom. The summed E-state index contributed by atoms with van der Waals surface area (Å²) in [6.45, 7) is 2.12. The first-order chi connectivity index (χ1) is 13.0. The Labute approximate surface area is 162 Å². The lowest BCUT2D eigenvalue weighted by atomic mass is 10.3. The molecular formula is C17H20N4O4S2. The van der Waals surface area contributed by atoms with Gasteiger partial charge in [-0.15, -0.1) is 11.8 Å². The lowest BCUT2D eigenvalue weighted by Gasteiger charge is -2.35. The van der Waals surface area contributed by atoms with Crippen LogP contribution < -0.4 is 9.79 Å². The molecule has 3 rings (SSSR count). The molecule has 0 bridgehead atoms. The van der Waals surface area contributed by atoms with E-state index >= 15 is 0 Å². The second-order valence-electron chi connectivity index (χ2n) is 5.79. The maximum absolute atomic E-state index is 12.4. The summed E-state index contributed by atoms with van der Waals surface area (Å²) in [5.74, 6) is 0. The fourth-order valence-electron chi connectivity index (χ4n) is 2.74. The Bertz CT molecular complexity index is 885. The van der Waals surface area contributed by atoms with Crippen LogP contribution in [0.1, 0.15) is 0 Å². The van der Waals surface area contributed by atoms with Gasteiger partial charge in [0.25, 0.3) is 10.0 Å². The van der Waals surface area contributed by atoms with Crippen molar-refractivity contribution in [1.29, 1.82) is 0 Å². The first-order valence-corrected chi connectivity index (χ1v) is 11.0. The van der Waals surface area contributed by atoms with Crippen molar-refractivity contribution >= 4 is 33.6 Å². The second kappa shape index (κ2) is 8.59. The Kier molecular flexibility index (Phi) is 6.19. The van der Waals surface area contributed by atoms with Gasteiger partial charge in [-0.25, -0.2) is 13.2 Å². The standard InChI is InChI=1S/C17H20N4O4S2/c1-26-15-4-2-3-5-16(15)27(23,24)19-25-17(22)21-12-10-20(11-13-21)14-6-8-18-9-7-14/h2-9,19H,10-13H2,1H3. The molecule has 2 aromatic rings. The molecule has 0 radical (unpaired) electrons. The average Bonchev–Trinajstić information content (AvgIpc) is 2.73. The first-order valence-electron chi connectivity index (χ1n) is 8.27. The van der Waals surface area contributed by atoms with E-state index in [1.165, 1.54) is 22.7 Å². The Morgan fingerprint density at radius 1 is 1.11 bits per heavy atom. The Morgan fingerprint density at radius 3 is 2.44 bits per heavy atom. The highest BCUT2D eigenvalue weighted by molar-refractivity contribution is 7.99. The number of carbonyl (C=O) groups excluding carboxylic acids is 1. The van der Waals surface area contributed by atoms with Crippen molar-refractivity contribution in [3.8, 4) is 0 Å². The van der Waals surface area contributed by atoms with Crippen LogP contribution in [-0.4, -0.2) is 56.8 Å². The number of thioether (sulfide) groups is 1. The third kappa shape index (κ3) is 4.71. The number of nitrogens with zero attached hydrogens (tertiary/aromatic N) is 3. The van der Waals surface area contributed by atoms with Gasteiger partial charge < -0.3 is 14.6 Å².